The fraction of sp³-hybridized carbons (Fsp3) is 0.939. The van der Waals surface area contributed by atoms with Gasteiger partial charge in [-0.3, -0.25) is 0 Å². The molecule has 0 heterocycles. The molecule has 0 bridgehead atoms. The van der Waals surface area contributed by atoms with E-state index >= 15 is 0 Å². The fourth-order valence-corrected chi connectivity index (χ4v) is 17.3. The first-order chi connectivity index (χ1) is 16.9. The fourth-order valence-electron chi connectivity index (χ4n) is 12.0. The molecular formula is C33H60Cl2SiZr. The van der Waals surface area contributed by atoms with E-state index in [1.165, 1.54) is 17.5 Å². The van der Waals surface area contributed by atoms with Gasteiger partial charge in [0.1, 0.15) is 0 Å². The van der Waals surface area contributed by atoms with Crippen molar-refractivity contribution in [2.75, 3.05) is 0 Å². The molecule has 0 radical (unpaired) electrons. The van der Waals surface area contributed by atoms with Crippen LogP contribution in [0.3, 0.4) is 0 Å². The number of halogens is 2. The summed E-state index contributed by atoms with van der Waals surface area (Å²) in [4.78, 5) is 0. The van der Waals surface area contributed by atoms with Crippen LogP contribution in [0.25, 0.3) is 0 Å². The summed E-state index contributed by atoms with van der Waals surface area (Å²) in [5.41, 5.74) is 2.35. The first kappa shape index (κ1) is 33.2. The normalized spacial score (nSPS) is 44.9. The topological polar surface area (TPSA) is 0 Å². The molecule has 0 nitrogen and oxygen atoms in total. The van der Waals surface area contributed by atoms with Crippen LogP contribution in [0.1, 0.15) is 110 Å². The van der Waals surface area contributed by atoms with Crippen molar-refractivity contribution in [1.29, 1.82) is 0 Å². The van der Waals surface area contributed by atoms with Crippen LogP contribution in [0.15, 0.2) is 0 Å². The molecule has 0 aromatic heterocycles. The van der Waals surface area contributed by atoms with E-state index in [9.17, 15) is 0 Å². The number of hydrogen-bond donors (Lipinski definition) is 0. The molecule has 6 rings (SSSR count). The van der Waals surface area contributed by atoms with Crippen molar-refractivity contribution < 1.29 is 20.8 Å². The van der Waals surface area contributed by atoms with Gasteiger partial charge in [0.2, 0.25) is 0 Å². The summed E-state index contributed by atoms with van der Waals surface area (Å²) < 4.78 is 0. The van der Waals surface area contributed by atoms with Crippen LogP contribution in [0.2, 0.25) is 24.2 Å². The molecule has 6 fully saturated rings. The van der Waals surface area contributed by atoms with Crippen molar-refractivity contribution in [1.82, 2.24) is 0 Å². The molecule has 0 spiro atoms. The SMILES string of the molecule is CCC(C)C1CC([Si](C)(C)C2CCC3C4CCCCC4CCC32)C2CC3CCCC3CC12.[CH3-].[CH3-].[Cl][Zr+2][Cl]. The summed E-state index contributed by atoms with van der Waals surface area (Å²) in [7, 11) is 8.61. The van der Waals surface area contributed by atoms with E-state index in [0.717, 1.165) is 59.2 Å². The number of hydrogen-bond acceptors (Lipinski definition) is 0. The monoisotopic (exact) mass is 644 g/mol. The predicted molar refractivity (Wildman–Crippen MR) is 165 cm³/mol. The summed E-state index contributed by atoms with van der Waals surface area (Å²) in [5.74, 6) is 11.2. The Labute approximate surface area is 252 Å². The maximum absolute atomic E-state index is 4.93. The summed E-state index contributed by atoms with van der Waals surface area (Å²) in [6.45, 7) is 11.0. The molecule has 6 saturated carbocycles. The van der Waals surface area contributed by atoms with Crippen LogP contribution in [-0.4, -0.2) is 8.07 Å². The molecule has 12 atom stereocenters. The Hall–Kier alpha value is 1.68. The second-order valence-corrected chi connectivity index (χ2v) is 23.7. The van der Waals surface area contributed by atoms with Crippen molar-refractivity contribution >= 4 is 25.1 Å². The third-order valence-electron chi connectivity index (χ3n) is 13.7. The van der Waals surface area contributed by atoms with Crippen molar-refractivity contribution in [2.24, 2.45) is 59.2 Å². The van der Waals surface area contributed by atoms with Gasteiger partial charge in [-0.15, -0.1) is 0 Å². The molecule has 0 aromatic rings. The second-order valence-electron chi connectivity index (χ2n) is 14.8. The first-order valence-corrected chi connectivity index (χ1v) is 25.3. The van der Waals surface area contributed by atoms with Crippen LogP contribution in [0, 0.1) is 74.0 Å². The molecule has 214 valence electrons. The molecule has 6 aliphatic carbocycles. The molecule has 4 heteroatoms. The van der Waals surface area contributed by atoms with E-state index in [-0.39, 0.29) is 14.9 Å². The minimum atomic E-state index is -1.25. The molecule has 0 amide bonds. The third kappa shape index (κ3) is 6.38. The van der Waals surface area contributed by atoms with Gasteiger partial charge in [0.05, 0.1) is 8.07 Å². The molecule has 0 aromatic carbocycles. The van der Waals surface area contributed by atoms with Gasteiger partial charge < -0.3 is 14.9 Å². The Morgan fingerprint density at radius 3 is 1.92 bits per heavy atom. The Morgan fingerprint density at radius 2 is 1.24 bits per heavy atom. The van der Waals surface area contributed by atoms with E-state index in [2.05, 4.69) is 26.9 Å². The second kappa shape index (κ2) is 14.2. The first-order valence-electron chi connectivity index (χ1n) is 15.9. The molecule has 0 N–H and O–H groups in total. The zero-order valence-electron chi connectivity index (χ0n) is 25.3. The molecule has 12 unspecified atom stereocenters. The average molecular weight is 647 g/mol. The summed E-state index contributed by atoms with van der Waals surface area (Å²) in [6.07, 6.45) is 23.9. The predicted octanol–water partition coefficient (Wildman–Crippen LogP) is 11.8. The number of fused-ring (bicyclic) bond motifs is 5. The van der Waals surface area contributed by atoms with Gasteiger partial charge in [0.25, 0.3) is 0 Å². The Kier molecular flexibility index (Phi) is 12.8. The van der Waals surface area contributed by atoms with E-state index in [0.29, 0.717) is 0 Å². The average Bonchev–Trinajstić information content (AvgIpc) is 3.59. The zero-order valence-corrected chi connectivity index (χ0v) is 30.3. The van der Waals surface area contributed by atoms with Crippen LogP contribution in [0.5, 0.6) is 0 Å². The van der Waals surface area contributed by atoms with Gasteiger partial charge in [0, 0.05) is 0 Å². The van der Waals surface area contributed by atoms with Crippen molar-refractivity contribution in [3.05, 3.63) is 14.9 Å². The Morgan fingerprint density at radius 1 is 0.649 bits per heavy atom. The van der Waals surface area contributed by atoms with Crippen molar-refractivity contribution in [3.63, 3.8) is 0 Å². The zero-order chi connectivity index (χ0) is 24.7. The minimum absolute atomic E-state index is 0. The van der Waals surface area contributed by atoms with Gasteiger partial charge in [-0.1, -0.05) is 78.3 Å². The molecule has 0 saturated heterocycles. The molecule has 0 aliphatic heterocycles. The van der Waals surface area contributed by atoms with E-state index in [4.69, 9.17) is 17.0 Å². The standard InChI is InChI=1S/C31H54Si.2CH3.2ClH.Zr/c1-5-20(2)27-19-31(29-18-23-11-8-10-22(23)17-28(27)29)32(3,4)30-16-15-25-24-12-7-6-9-21(24)13-14-26(25)30;;;;;/h20-31H,5-19H2,1-4H3;2*1H3;2*1H;/q;2*-1;;;+4/p-2. The molecular weight excluding hydrogens is 587 g/mol. The van der Waals surface area contributed by atoms with Crippen LogP contribution >= 0.6 is 17.0 Å². The van der Waals surface area contributed by atoms with Gasteiger partial charge in [-0.2, -0.15) is 0 Å². The van der Waals surface area contributed by atoms with Gasteiger partial charge in [-0.05, 0) is 115 Å². The Balaban J connectivity index is 0.000000727. The van der Waals surface area contributed by atoms with Crippen LogP contribution in [-0.2, 0) is 20.8 Å². The van der Waals surface area contributed by atoms with Gasteiger partial charge in [-0.25, -0.2) is 0 Å². The van der Waals surface area contributed by atoms with E-state index in [1.54, 1.807) is 89.9 Å². The molecule has 6 aliphatic rings. The summed E-state index contributed by atoms with van der Waals surface area (Å²) in [5, 5.41) is 0. The third-order valence-corrected chi connectivity index (χ3v) is 18.9. The van der Waals surface area contributed by atoms with E-state index in [1.807, 2.05) is 0 Å². The van der Waals surface area contributed by atoms with Gasteiger partial charge in [0.15, 0.2) is 0 Å². The van der Waals surface area contributed by atoms with Crippen molar-refractivity contribution in [2.45, 2.75) is 134 Å². The van der Waals surface area contributed by atoms with Crippen molar-refractivity contribution in [3.8, 4) is 0 Å². The van der Waals surface area contributed by atoms with Gasteiger partial charge >= 0.3 is 37.9 Å². The number of rotatable bonds is 4. The summed E-state index contributed by atoms with van der Waals surface area (Å²) in [6, 6.07) is 0. The molecule has 37 heavy (non-hydrogen) atoms. The van der Waals surface area contributed by atoms with Crippen LogP contribution in [0.4, 0.5) is 0 Å². The quantitative estimate of drug-likeness (QED) is 0.211. The Bertz CT molecular complexity index is 700. The van der Waals surface area contributed by atoms with Crippen LogP contribution < -0.4 is 0 Å². The van der Waals surface area contributed by atoms with E-state index < -0.39 is 28.9 Å². The maximum atomic E-state index is 4.93. The summed E-state index contributed by atoms with van der Waals surface area (Å²) >= 11 is -0.826.